The van der Waals surface area contributed by atoms with Crippen LogP contribution in [0.25, 0.3) is 10.1 Å². The van der Waals surface area contributed by atoms with Gasteiger partial charge in [0, 0.05) is 15.6 Å². The van der Waals surface area contributed by atoms with E-state index >= 15 is 0 Å². The molecule has 0 amide bonds. The van der Waals surface area contributed by atoms with E-state index in [1.165, 1.54) is 11.3 Å². The summed E-state index contributed by atoms with van der Waals surface area (Å²) in [6.07, 6.45) is 0.792. The second-order valence-corrected chi connectivity index (χ2v) is 4.69. The van der Waals surface area contributed by atoms with Crippen LogP contribution in [0, 0.1) is 0 Å². The van der Waals surface area contributed by atoms with E-state index < -0.39 is 0 Å². The van der Waals surface area contributed by atoms with Crippen molar-refractivity contribution in [2.24, 2.45) is 0 Å². The SMILES string of the molecule is O=Cc1c(S)sc2cccc(CO)c12. The standard InChI is InChI=1S/C10H8O2S2/c11-4-6-2-1-3-8-9(6)7(5-12)10(13)14-8/h1-3,5,11,13H,4H2. The molecule has 72 valence electrons. The first-order valence-corrected chi connectivity index (χ1v) is 5.33. The first-order valence-electron chi connectivity index (χ1n) is 4.07. The van der Waals surface area contributed by atoms with Gasteiger partial charge in [-0.3, -0.25) is 4.79 Å². The Hall–Kier alpha value is -0.840. The molecule has 2 rings (SSSR count). The number of hydrogen-bond acceptors (Lipinski definition) is 4. The molecule has 0 bridgehead atoms. The summed E-state index contributed by atoms with van der Waals surface area (Å²) in [7, 11) is 0. The van der Waals surface area contributed by atoms with Gasteiger partial charge in [-0.2, -0.15) is 0 Å². The Labute approximate surface area is 90.6 Å². The summed E-state index contributed by atoms with van der Waals surface area (Å²) >= 11 is 5.68. The minimum Gasteiger partial charge on any atom is -0.392 e. The zero-order chi connectivity index (χ0) is 10.1. The average molecular weight is 224 g/mol. The fourth-order valence-corrected chi connectivity index (χ4v) is 2.89. The lowest BCUT2D eigenvalue weighted by Gasteiger charge is -1.98. The van der Waals surface area contributed by atoms with Gasteiger partial charge in [-0.25, -0.2) is 0 Å². The summed E-state index contributed by atoms with van der Waals surface area (Å²) in [5.41, 5.74) is 1.36. The molecule has 1 heterocycles. The molecule has 0 atom stereocenters. The Morgan fingerprint density at radius 1 is 1.50 bits per heavy atom. The fourth-order valence-electron chi connectivity index (χ4n) is 1.47. The van der Waals surface area contributed by atoms with E-state index in [2.05, 4.69) is 12.6 Å². The molecule has 0 unspecified atom stereocenters. The van der Waals surface area contributed by atoms with Crippen molar-refractivity contribution >= 4 is 40.3 Å². The van der Waals surface area contributed by atoms with Gasteiger partial charge in [0.25, 0.3) is 0 Å². The smallest absolute Gasteiger partial charge is 0.152 e. The number of hydrogen-bond donors (Lipinski definition) is 2. The van der Waals surface area contributed by atoms with E-state index in [4.69, 9.17) is 5.11 Å². The number of carbonyl (C=O) groups excluding carboxylic acids is 1. The minimum absolute atomic E-state index is 0.0534. The predicted molar refractivity (Wildman–Crippen MR) is 60.4 cm³/mol. The van der Waals surface area contributed by atoms with Crippen molar-refractivity contribution in [1.29, 1.82) is 0 Å². The van der Waals surface area contributed by atoms with Crippen LogP contribution in [0.2, 0.25) is 0 Å². The minimum atomic E-state index is -0.0534. The normalized spacial score (nSPS) is 10.7. The molecule has 0 saturated heterocycles. The number of aliphatic hydroxyl groups excluding tert-OH is 1. The Kier molecular flexibility index (Phi) is 2.58. The summed E-state index contributed by atoms with van der Waals surface area (Å²) in [6.45, 7) is -0.0534. The van der Waals surface area contributed by atoms with Crippen molar-refractivity contribution in [3.63, 3.8) is 0 Å². The molecule has 0 fully saturated rings. The summed E-state index contributed by atoms with van der Waals surface area (Å²) in [5, 5.41) is 9.96. The quantitative estimate of drug-likeness (QED) is 0.607. The molecular formula is C10H8O2S2. The van der Waals surface area contributed by atoms with Crippen molar-refractivity contribution < 1.29 is 9.90 Å². The third-order valence-electron chi connectivity index (χ3n) is 2.11. The second kappa shape index (κ2) is 3.73. The van der Waals surface area contributed by atoms with Crippen LogP contribution in [0.1, 0.15) is 15.9 Å². The van der Waals surface area contributed by atoms with Crippen LogP contribution in [-0.2, 0) is 6.61 Å². The van der Waals surface area contributed by atoms with Crippen LogP contribution in [0.4, 0.5) is 0 Å². The number of aliphatic hydroxyl groups is 1. The van der Waals surface area contributed by atoms with Gasteiger partial charge in [-0.05, 0) is 11.6 Å². The van der Waals surface area contributed by atoms with Gasteiger partial charge in [0.05, 0.1) is 10.8 Å². The Bertz CT molecular complexity index is 488. The van der Waals surface area contributed by atoms with E-state index in [1.54, 1.807) is 0 Å². The molecular weight excluding hydrogens is 216 g/mol. The van der Waals surface area contributed by atoms with Gasteiger partial charge in [-0.15, -0.1) is 24.0 Å². The van der Waals surface area contributed by atoms with Crippen molar-refractivity contribution in [2.45, 2.75) is 10.8 Å². The zero-order valence-electron chi connectivity index (χ0n) is 7.23. The van der Waals surface area contributed by atoms with Crippen molar-refractivity contribution in [3.05, 3.63) is 29.3 Å². The number of carbonyl (C=O) groups is 1. The molecule has 0 saturated carbocycles. The third-order valence-corrected chi connectivity index (χ3v) is 3.60. The molecule has 0 spiro atoms. The molecule has 1 aromatic heterocycles. The highest BCUT2D eigenvalue weighted by Crippen LogP contribution is 2.34. The van der Waals surface area contributed by atoms with Crippen molar-refractivity contribution in [3.8, 4) is 0 Å². The van der Waals surface area contributed by atoms with E-state index in [1.807, 2.05) is 18.2 Å². The lowest BCUT2D eigenvalue weighted by atomic mass is 10.1. The lowest BCUT2D eigenvalue weighted by Crippen LogP contribution is -1.86. The maximum Gasteiger partial charge on any atom is 0.152 e. The van der Waals surface area contributed by atoms with Crippen molar-refractivity contribution in [2.75, 3.05) is 0 Å². The van der Waals surface area contributed by atoms with Crippen LogP contribution in [0.15, 0.2) is 22.4 Å². The molecule has 14 heavy (non-hydrogen) atoms. The van der Waals surface area contributed by atoms with Crippen LogP contribution >= 0.6 is 24.0 Å². The van der Waals surface area contributed by atoms with Crippen LogP contribution in [-0.4, -0.2) is 11.4 Å². The highest BCUT2D eigenvalue weighted by Gasteiger charge is 2.11. The zero-order valence-corrected chi connectivity index (χ0v) is 8.94. The topological polar surface area (TPSA) is 37.3 Å². The molecule has 2 aromatic rings. The first kappa shape index (κ1) is 9.71. The molecule has 4 heteroatoms. The maximum atomic E-state index is 10.8. The highest BCUT2D eigenvalue weighted by atomic mass is 32.2. The highest BCUT2D eigenvalue weighted by molar-refractivity contribution is 7.83. The van der Waals surface area contributed by atoms with E-state index in [0.717, 1.165) is 21.9 Å². The van der Waals surface area contributed by atoms with Crippen LogP contribution in [0.3, 0.4) is 0 Å². The second-order valence-electron chi connectivity index (χ2n) is 2.89. The van der Waals surface area contributed by atoms with Gasteiger partial charge in [-0.1, -0.05) is 12.1 Å². The molecule has 0 aliphatic heterocycles. The molecule has 0 aliphatic rings. The molecule has 2 nitrogen and oxygen atoms in total. The Morgan fingerprint density at radius 3 is 2.93 bits per heavy atom. The number of fused-ring (bicyclic) bond motifs is 1. The molecule has 1 aromatic carbocycles. The van der Waals surface area contributed by atoms with E-state index in [-0.39, 0.29) is 6.61 Å². The number of rotatable bonds is 2. The summed E-state index contributed by atoms with van der Waals surface area (Å²) in [5.74, 6) is 0. The number of benzene rings is 1. The lowest BCUT2D eigenvalue weighted by molar-refractivity contribution is 0.112. The monoisotopic (exact) mass is 224 g/mol. The van der Waals surface area contributed by atoms with Gasteiger partial charge in [0.1, 0.15) is 0 Å². The molecule has 1 N–H and O–H groups in total. The molecule has 0 aliphatic carbocycles. The fraction of sp³-hybridized carbons (Fsp3) is 0.100. The van der Waals surface area contributed by atoms with Gasteiger partial charge >= 0.3 is 0 Å². The summed E-state index contributed by atoms with van der Waals surface area (Å²) < 4.78 is 1.69. The van der Waals surface area contributed by atoms with Crippen LogP contribution in [0.5, 0.6) is 0 Å². The summed E-state index contributed by atoms with van der Waals surface area (Å²) in [6, 6.07) is 5.60. The maximum absolute atomic E-state index is 10.8. The van der Waals surface area contributed by atoms with Gasteiger partial charge < -0.3 is 5.11 Å². The largest absolute Gasteiger partial charge is 0.392 e. The van der Waals surface area contributed by atoms with Gasteiger partial charge in [0.15, 0.2) is 6.29 Å². The Morgan fingerprint density at radius 2 is 2.29 bits per heavy atom. The van der Waals surface area contributed by atoms with Crippen LogP contribution < -0.4 is 0 Å². The Balaban J connectivity index is 2.89. The average Bonchev–Trinajstić information content (AvgIpc) is 2.52. The third kappa shape index (κ3) is 1.35. The van der Waals surface area contributed by atoms with E-state index in [9.17, 15) is 4.79 Å². The van der Waals surface area contributed by atoms with Gasteiger partial charge in [0.2, 0.25) is 0 Å². The number of aldehydes is 1. The number of thiophene rings is 1. The molecule has 0 radical (unpaired) electrons. The van der Waals surface area contributed by atoms with Crippen molar-refractivity contribution in [1.82, 2.24) is 0 Å². The number of thiol groups is 1. The summed E-state index contributed by atoms with van der Waals surface area (Å²) in [4.78, 5) is 10.8. The van der Waals surface area contributed by atoms with E-state index in [0.29, 0.717) is 9.77 Å². The predicted octanol–water partition coefficient (Wildman–Crippen LogP) is 2.49. The first-order chi connectivity index (χ1) is 6.77.